The van der Waals surface area contributed by atoms with Crippen molar-refractivity contribution in [2.45, 2.75) is 19.5 Å². The number of aromatic amines is 1. The summed E-state index contributed by atoms with van der Waals surface area (Å²) < 4.78 is 7.15. The van der Waals surface area contributed by atoms with Crippen molar-refractivity contribution in [3.05, 3.63) is 58.2 Å². The summed E-state index contributed by atoms with van der Waals surface area (Å²) in [5.41, 5.74) is 2.36. The molecule has 0 spiro atoms. The molecule has 124 valence electrons. The first kappa shape index (κ1) is 15.0. The Morgan fingerprint density at radius 1 is 1.46 bits per heavy atom. The Hall–Kier alpha value is -2.58. The first-order chi connectivity index (χ1) is 11.7. The lowest BCUT2D eigenvalue weighted by atomic mass is 10.2. The van der Waals surface area contributed by atoms with Gasteiger partial charge in [0.25, 0.3) is 5.56 Å². The minimum atomic E-state index is -0.0665. The fourth-order valence-corrected chi connectivity index (χ4v) is 3.05. The number of rotatable bonds is 3. The van der Waals surface area contributed by atoms with Crippen LogP contribution in [0.2, 0.25) is 0 Å². The van der Waals surface area contributed by atoms with Crippen LogP contribution in [-0.4, -0.2) is 49.2 Å². The van der Waals surface area contributed by atoms with Gasteiger partial charge in [0, 0.05) is 25.4 Å². The van der Waals surface area contributed by atoms with Crippen molar-refractivity contribution in [3.8, 4) is 0 Å². The molecule has 4 rings (SSSR count). The molecule has 8 nitrogen and oxygen atoms in total. The second kappa shape index (κ2) is 6.14. The van der Waals surface area contributed by atoms with Gasteiger partial charge >= 0.3 is 0 Å². The maximum Gasteiger partial charge on any atom is 0.258 e. The number of aromatic nitrogens is 5. The topological polar surface area (TPSA) is 88.4 Å². The maximum absolute atomic E-state index is 12.4. The molecule has 0 amide bonds. The van der Waals surface area contributed by atoms with Crippen molar-refractivity contribution in [3.63, 3.8) is 0 Å². The molecule has 8 heteroatoms. The van der Waals surface area contributed by atoms with Crippen LogP contribution in [0.15, 0.2) is 35.5 Å². The number of aryl methyl sites for hydroxylation is 1. The van der Waals surface area contributed by atoms with E-state index in [1.165, 1.54) is 6.33 Å². The molecule has 1 fully saturated rings. The van der Waals surface area contributed by atoms with E-state index < -0.39 is 0 Å². The van der Waals surface area contributed by atoms with Gasteiger partial charge in [-0.15, -0.1) is 0 Å². The summed E-state index contributed by atoms with van der Waals surface area (Å²) in [5.74, 6) is 0.767. The zero-order valence-electron chi connectivity index (χ0n) is 13.3. The van der Waals surface area contributed by atoms with E-state index in [9.17, 15) is 4.79 Å². The number of H-pyrrole nitrogens is 1. The van der Waals surface area contributed by atoms with Crippen LogP contribution in [0.25, 0.3) is 5.65 Å². The summed E-state index contributed by atoms with van der Waals surface area (Å²) in [7, 11) is 0. The summed E-state index contributed by atoms with van der Waals surface area (Å²) in [4.78, 5) is 23.5. The van der Waals surface area contributed by atoms with E-state index in [-0.39, 0.29) is 11.6 Å². The summed E-state index contributed by atoms with van der Waals surface area (Å²) in [5, 5.41) is 6.82. The molecule has 0 aliphatic carbocycles. The molecule has 3 aromatic heterocycles. The molecule has 0 aromatic carbocycles. The number of hydrogen-bond acceptors (Lipinski definition) is 6. The van der Waals surface area contributed by atoms with Gasteiger partial charge in [0.2, 0.25) is 0 Å². The zero-order chi connectivity index (χ0) is 16.5. The van der Waals surface area contributed by atoms with Crippen LogP contribution in [0.5, 0.6) is 0 Å². The van der Waals surface area contributed by atoms with Gasteiger partial charge in [-0.05, 0) is 18.6 Å². The van der Waals surface area contributed by atoms with Gasteiger partial charge < -0.3 is 4.74 Å². The Bertz CT molecular complexity index is 905. The molecule has 0 bridgehead atoms. The predicted molar refractivity (Wildman–Crippen MR) is 86.6 cm³/mol. The highest BCUT2D eigenvalue weighted by molar-refractivity contribution is 5.46. The van der Waals surface area contributed by atoms with Crippen molar-refractivity contribution >= 4 is 5.65 Å². The first-order valence-corrected chi connectivity index (χ1v) is 7.87. The fourth-order valence-electron chi connectivity index (χ4n) is 3.05. The fraction of sp³-hybridized carbons (Fsp3) is 0.375. The molecule has 1 saturated heterocycles. The van der Waals surface area contributed by atoms with Crippen molar-refractivity contribution in [2.24, 2.45) is 0 Å². The predicted octanol–water partition coefficient (Wildman–Crippen LogP) is 0.695. The van der Waals surface area contributed by atoms with Crippen LogP contribution in [0.1, 0.15) is 23.1 Å². The molecular formula is C16H18N6O2. The van der Waals surface area contributed by atoms with Crippen molar-refractivity contribution < 1.29 is 4.74 Å². The Kier molecular flexibility index (Phi) is 3.83. The number of nitrogens with one attached hydrogen (secondary N) is 1. The molecule has 0 radical (unpaired) electrons. The first-order valence-electron chi connectivity index (χ1n) is 7.87. The molecule has 1 unspecified atom stereocenters. The van der Waals surface area contributed by atoms with Gasteiger partial charge in [0.1, 0.15) is 17.8 Å². The SMILES string of the molecule is Cc1cccn2c(=O)cc(CN3CCOCC3c3ncn[nH]3)nc12. The van der Waals surface area contributed by atoms with Crippen LogP contribution in [0.3, 0.4) is 0 Å². The van der Waals surface area contributed by atoms with Crippen LogP contribution in [0, 0.1) is 6.92 Å². The van der Waals surface area contributed by atoms with E-state index in [0.29, 0.717) is 25.4 Å². The Morgan fingerprint density at radius 3 is 3.21 bits per heavy atom. The molecule has 4 heterocycles. The lowest BCUT2D eigenvalue weighted by Gasteiger charge is -2.33. The number of hydrogen-bond donors (Lipinski definition) is 1. The van der Waals surface area contributed by atoms with Gasteiger partial charge in [0.05, 0.1) is 24.9 Å². The van der Waals surface area contributed by atoms with E-state index in [4.69, 9.17) is 4.74 Å². The Balaban J connectivity index is 1.68. The summed E-state index contributed by atoms with van der Waals surface area (Å²) >= 11 is 0. The number of morpholine rings is 1. The van der Waals surface area contributed by atoms with Crippen molar-refractivity contribution in [1.29, 1.82) is 0 Å². The minimum absolute atomic E-state index is 0.0154. The van der Waals surface area contributed by atoms with Gasteiger partial charge in [-0.1, -0.05) is 6.07 Å². The lowest BCUT2D eigenvalue weighted by molar-refractivity contribution is -0.0163. The zero-order valence-corrected chi connectivity index (χ0v) is 13.3. The van der Waals surface area contributed by atoms with E-state index in [0.717, 1.165) is 23.6 Å². The smallest absolute Gasteiger partial charge is 0.258 e. The Morgan fingerprint density at radius 2 is 2.38 bits per heavy atom. The van der Waals surface area contributed by atoms with Gasteiger partial charge in [0.15, 0.2) is 0 Å². The summed E-state index contributed by atoms with van der Waals surface area (Å²) in [6, 6.07) is 5.39. The van der Waals surface area contributed by atoms with Crippen LogP contribution < -0.4 is 5.56 Å². The number of nitrogens with zero attached hydrogens (tertiary/aromatic N) is 5. The third kappa shape index (κ3) is 2.70. The molecule has 1 aliphatic heterocycles. The van der Waals surface area contributed by atoms with Crippen molar-refractivity contribution in [1.82, 2.24) is 29.5 Å². The Labute approximate surface area is 138 Å². The van der Waals surface area contributed by atoms with E-state index in [1.807, 2.05) is 19.1 Å². The number of fused-ring (bicyclic) bond motifs is 1. The van der Waals surface area contributed by atoms with Gasteiger partial charge in [-0.25, -0.2) is 9.97 Å². The summed E-state index contributed by atoms with van der Waals surface area (Å²) in [6.07, 6.45) is 3.24. The molecule has 1 aliphatic rings. The van der Waals surface area contributed by atoms with Gasteiger partial charge in [-0.3, -0.25) is 19.2 Å². The van der Waals surface area contributed by atoms with Crippen LogP contribution in [-0.2, 0) is 11.3 Å². The third-order valence-corrected chi connectivity index (χ3v) is 4.29. The average molecular weight is 326 g/mol. The summed E-state index contributed by atoms with van der Waals surface area (Å²) in [6.45, 7) is 4.46. The minimum Gasteiger partial charge on any atom is -0.378 e. The van der Waals surface area contributed by atoms with E-state index in [1.54, 1.807) is 16.7 Å². The van der Waals surface area contributed by atoms with Gasteiger partial charge in [-0.2, -0.15) is 5.10 Å². The highest BCUT2D eigenvalue weighted by Gasteiger charge is 2.27. The molecule has 24 heavy (non-hydrogen) atoms. The lowest BCUT2D eigenvalue weighted by Crippen LogP contribution is -2.40. The molecule has 1 N–H and O–H groups in total. The quantitative estimate of drug-likeness (QED) is 0.762. The molecule has 0 saturated carbocycles. The normalized spacial score (nSPS) is 19.0. The highest BCUT2D eigenvalue weighted by atomic mass is 16.5. The molecular weight excluding hydrogens is 308 g/mol. The second-order valence-corrected chi connectivity index (χ2v) is 5.90. The van der Waals surface area contributed by atoms with Crippen LogP contribution in [0.4, 0.5) is 0 Å². The van der Waals surface area contributed by atoms with E-state index in [2.05, 4.69) is 25.1 Å². The van der Waals surface area contributed by atoms with E-state index >= 15 is 0 Å². The molecule has 3 aromatic rings. The van der Waals surface area contributed by atoms with Crippen molar-refractivity contribution in [2.75, 3.05) is 19.8 Å². The second-order valence-electron chi connectivity index (χ2n) is 5.90. The van der Waals surface area contributed by atoms with Crippen LogP contribution >= 0.6 is 0 Å². The largest absolute Gasteiger partial charge is 0.378 e. The maximum atomic E-state index is 12.4. The molecule has 1 atom stereocenters. The number of pyridine rings is 1. The standard InChI is InChI=1S/C16H18N6O2/c1-11-3-2-4-22-14(23)7-12(19-16(11)22)8-21-5-6-24-9-13(21)15-17-10-18-20-15/h2-4,7,10,13H,5-6,8-9H2,1H3,(H,17,18,20). The monoisotopic (exact) mass is 326 g/mol. The highest BCUT2D eigenvalue weighted by Crippen LogP contribution is 2.22. The number of ether oxygens (including phenoxy) is 1. The average Bonchev–Trinajstić information content (AvgIpc) is 3.11. The third-order valence-electron chi connectivity index (χ3n) is 4.29.